The molecule has 2 aromatic carbocycles. The lowest BCUT2D eigenvalue weighted by molar-refractivity contribution is -1.01. The molecule has 3 aromatic rings. The Kier molecular flexibility index (Phi) is 5.85. The smallest absolute Gasteiger partial charge is 0.433 e. The fourth-order valence-electron chi connectivity index (χ4n) is 2.42. The van der Waals surface area contributed by atoms with Crippen LogP contribution in [0.4, 0.5) is 0 Å². The molecule has 1 heterocycles. The Hall–Kier alpha value is -3.88. The van der Waals surface area contributed by atoms with Crippen LogP contribution in [0.3, 0.4) is 0 Å². The first-order valence-corrected chi connectivity index (χ1v) is 8.28. The van der Waals surface area contributed by atoms with Gasteiger partial charge in [-0.2, -0.15) is 0 Å². The largest absolute Gasteiger partial charge is 0.478 e. The molecule has 9 nitrogen and oxygen atoms in total. The molecule has 9 heteroatoms. The predicted octanol–water partition coefficient (Wildman–Crippen LogP) is 1.76. The number of carbonyl (C=O) groups excluding carboxylic acids is 1. The number of hydrogen-bond acceptors (Lipinski definition) is 7. The van der Waals surface area contributed by atoms with Crippen LogP contribution in [0.1, 0.15) is 16.8 Å². The number of aromatic nitrogens is 2. The second-order valence-electron chi connectivity index (χ2n) is 5.51. The average molecular weight is 385 g/mol. The Morgan fingerprint density at radius 2 is 1.82 bits per heavy atom. The van der Waals surface area contributed by atoms with Crippen molar-refractivity contribution in [2.24, 2.45) is 0 Å². The zero-order chi connectivity index (χ0) is 19.9. The third-order valence-corrected chi connectivity index (χ3v) is 3.68. The first kappa shape index (κ1) is 18.9. The van der Waals surface area contributed by atoms with Gasteiger partial charge < -0.3 is 19.4 Å². The van der Waals surface area contributed by atoms with E-state index in [0.29, 0.717) is 5.69 Å². The number of hydrogen-bond donors (Lipinski definition) is 1. The van der Waals surface area contributed by atoms with Crippen LogP contribution in [0.15, 0.2) is 59.2 Å². The van der Waals surface area contributed by atoms with Gasteiger partial charge in [0.05, 0.1) is 6.42 Å². The van der Waals surface area contributed by atoms with Crippen molar-refractivity contribution >= 4 is 11.9 Å². The van der Waals surface area contributed by atoms with E-state index in [2.05, 4.69) is 5.16 Å². The molecule has 1 N–H and O–H groups in total. The highest BCUT2D eigenvalue weighted by Crippen LogP contribution is 2.24. The third-order valence-electron chi connectivity index (χ3n) is 3.68. The van der Waals surface area contributed by atoms with Gasteiger partial charge >= 0.3 is 23.5 Å². The summed E-state index contributed by atoms with van der Waals surface area (Å²) < 4.78 is 15.7. The van der Waals surface area contributed by atoms with E-state index in [4.69, 9.17) is 24.0 Å². The molecule has 0 spiro atoms. The van der Waals surface area contributed by atoms with Crippen LogP contribution in [0.5, 0.6) is 11.6 Å². The van der Waals surface area contributed by atoms with Crippen molar-refractivity contribution in [2.75, 3.05) is 13.7 Å². The lowest BCUT2D eigenvalue weighted by atomic mass is 10.2. The van der Waals surface area contributed by atoms with Crippen LogP contribution in [-0.2, 0) is 4.79 Å². The number of ether oxygens (including phenoxy) is 2. The van der Waals surface area contributed by atoms with Crippen molar-refractivity contribution in [3.63, 3.8) is 0 Å². The van der Waals surface area contributed by atoms with Gasteiger partial charge in [-0.3, -0.25) is 4.79 Å². The number of aromatic carboxylic acids is 1. The van der Waals surface area contributed by atoms with E-state index in [-0.39, 0.29) is 30.2 Å². The Labute approximate surface area is 159 Å². The van der Waals surface area contributed by atoms with E-state index in [1.165, 1.54) is 19.2 Å². The number of rotatable bonds is 8. The lowest BCUT2D eigenvalue weighted by Gasteiger charge is -2.06. The maximum Gasteiger partial charge on any atom is 0.433 e. The van der Waals surface area contributed by atoms with Crippen LogP contribution >= 0.6 is 0 Å². The minimum Gasteiger partial charge on any atom is -0.478 e. The summed E-state index contributed by atoms with van der Waals surface area (Å²) >= 11 is 0. The SMILES string of the molecule is CO[n+]1onc(OCCC(=O)Oc2ccccc2C(=O)O)c1-c1ccccc1. The van der Waals surface area contributed by atoms with E-state index >= 15 is 0 Å². The minimum absolute atomic E-state index is 0.0244. The van der Waals surface area contributed by atoms with E-state index in [1.54, 1.807) is 12.1 Å². The number of carboxylic acids is 1. The predicted molar refractivity (Wildman–Crippen MR) is 93.8 cm³/mol. The van der Waals surface area contributed by atoms with Gasteiger partial charge in [-0.05, 0) is 16.8 Å². The van der Waals surface area contributed by atoms with E-state index in [0.717, 1.165) is 10.5 Å². The van der Waals surface area contributed by atoms with Gasteiger partial charge in [-0.15, -0.1) is 0 Å². The molecule has 0 fully saturated rings. The van der Waals surface area contributed by atoms with Crippen LogP contribution in [0, 0.1) is 0 Å². The summed E-state index contributed by atoms with van der Waals surface area (Å²) in [5.74, 6) is -1.70. The van der Waals surface area contributed by atoms with Crippen molar-refractivity contribution in [1.82, 2.24) is 5.16 Å². The molecule has 0 amide bonds. The number of esters is 1. The molecule has 0 bridgehead atoms. The molecule has 28 heavy (non-hydrogen) atoms. The summed E-state index contributed by atoms with van der Waals surface area (Å²) in [5.41, 5.74) is 1.10. The summed E-state index contributed by atoms with van der Waals surface area (Å²) in [5, 5.41) is 12.9. The Morgan fingerprint density at radius 1 is 1.11 bits per heavy atom. The Morgan fingerprint density at radius 3 is 2.54 bits per heavy atom. The highest BCUT2D eigenvalue weighted by atomic mass is 16.9. The van der Waals surface area contributed by atoms with Gasteiger partial charge in [-0.1, -0.05) is 42.5 Å². The number of nitrogens with zero attached hydrogens (tertiary/aromatic N) is 2. The van der Waals surface area contributed by atoms with Crippen molar-refractivity contribution in [3.05, 3.63) is 60.2 Å². The molecular formula is C19H17N2O7+. The summed E-state index contributed by atoms with van der Waals surface area (Å²) in [6.45, 7) is -0.0514. The minimum atomic E-state index is -1.18. The van der Waals surface area contributed by atoms with Gasteiger partial charge in [-0.25, -0.2) is 4.79 Å². The molecule has 0 atom stereocenters. The maximum absolute atomic E-state index is 12.0. The van der Waals surface area contributed by atoms with E-state index in [9.17, 15) is 9.59 Å². The van der Waals surface area contributed by atoms with E-state index in [1.807, 2.05) is 30.3 Å². The van der Waals surface area contributed by atoms with Crippen LogP contribution in [0.25, 0.3) is 11.3 Å². The molecule has 0 saturated carbocycles. The topological polar surface area (TPSA) is 112 Å². The van der Waals surface area contributed by atoms with Gasteiger partial charge in [0, 0.05) is 5.56 Å². The maximum atomic E-state index is 12.0. The molecule has 0 aliphatic heterocycles. The fraction of sp³-hybridized carbons (Fsp3) is 0.158. The van der Waals surface area contributed by atoms with Crippen LogP contribution in [-0.4, -0.2) is 35.9 Å². The number of carbonyl (C=O) groups is 2. The lowest BCUT2D eigenvalue weighted by Crippen LogP contribution is -2.40. The zero-order valence-electron chi connectivity index (χ0n) is 14.9. The summed E-state index contributed by atoms with van der Waals surface area (Å²) in [4.78, 5) is 29.4. The zero-order valence-corrected chi connectivity index (χ0v) is 14.9. The van der Waals surface area contributed by atoms with Gasteiger partial charge in [0.15, 0.2) is 0 Å². The Balaban J connectivity index is 1.64. The third kappa shape index (κ3) is 4.26. The Bertz CT molecular complexity index is 969. The summed E-state index contributed by atoms with van der Waals surface area (Å²) in [6.07, 6.45) is -0.123. The molecule has 0 aliphatic rings. The van der Waals surface area contributed by atoms with Crippen molar-refractivity contribution in [3.8, 4) is 22.9 Å². The standard InChI is InChI=1S/C19H16N2O7/c1-25-21-17(13-7-3-2-4-8-13)18(20-28-21)26-12-11-16(22)27-15-10-6-5-9-14(15)19(23)24/h2-10H,11-12H2,1H3/p+1. The quantitative estimate of drug-likeness (QED) is 0.461. The molecule has 144 valence electrons. The average Bonchev–Trinajstić information content (AvgIpc) is 3.12. The van der Waals surface area contributed by atoms with E-state index < -0.39 is 11.9 Å². The number of carboxylic acid groups (broad SMARTS) is 1. The van der Waals surface area contributed by atoms with Crippen molar-refractivity contribution in [1.29, 1.82) is 0 Å². The summed E-state index contributed by atoms with van der Waals surface area (Å²) in [6, 6.07) is 15.1. The first-order chi connectivity index (χ1) is 13.6. The first-order valence-electron chi connectivity index (χ1n) is 8.28. The van der Waals surface area contributed by atoms with Crippen molar-refractivity contribution in [2.45, 2.75) is 6.42 Å². The highest BCUT2D eigenvalue weighted by molar-refractivity contribution is 5.91. The van der Waals surface area contributed by atoms with Crippen LogP contribution in [0.2, 0.25) is 0 Å². The number of para-hydroxylation sites is 1. The fourth-order valence-corrected chi connectivity index (χ4v) is 2.42. The highest BCUT2D eigenvalue weighted by Gasteiger charge is 2.29. The molecule has 0 unspecified atom stereocenters. The second kappa shape index (κ2) is 8.67. The van der Waals surface area contributed by atoms with Crippen molar-refractivity contribution < 1.29 is 38.5 Å². The second-order valence-corrected chi connectivity index (χ2v) is 5.51. The molecule has 0 saturated heterocycles. The molecule has 3 rings (SSSR count). The molecule has 0 radical (unpaired) electrons. The van der Waals surface area contributed by atoms with Gasteiger partial charge in [0.2, 0.25) is 5.16 Å². The molecular weight excluding hydrogens is 368 g/mol. The molecule has 1 aromatic heterocycles. The monoisotopic (exact) mass is 385 g/mol. The van der Waals surface area contributed by atoms with Crippen LogP contribution < -0.4 is 19.2 Å². The van der Waals surface area contributed by atoms with Gasteiger partial charge in [0.25, 0.3) is 0 Å². The summed E-state index contributed by atoms with van der Waals surface area (Å²) in [7, 11) is 1.42. The van der Waals surface area contributed by atoms with Gasteiger partial charge in [0.1, 0.15) is 29.9 Å². The molecule has 0 aliphatic carbocycles. The normalized spacial score (nSPS) is 10.3. The number of benzene rings is 2.